The Morgan fingerprint density at radius 2 is 1.76 bits per heavy atom. The SMILES string of the molecule is COc1cc(-c2coc3c(C4OC(COC5OCC(O)(CO)C5O)C(O)C(O)C4O)c(O)ccc3c2=O)ccc1O. The largest absolute Gasteiger partial charge is 0.507 e. The van der Waals surface area contributed by atoms with Crippen molar-refractivity contribution in [3.63, 3.8) is 0 Å². The molecule has 14 heteroatoms. The maximum Gasteiger partial charge on any atom is 0.200 e. The van der Waals surface area contributed by atoms with Crippen LogP contribution in [0.15, 0.2) is 45.8 Å². The van der Waals surface area contributed by atoms with Crippen LogP contribution in [0.25, 0.3) is 22.1 Å². The van der Waals surface area contributed by atoms with Crippen molar-refractivity contribution in [2.75, 3.05) is 26.9 Å². The van der Waals surface area contributed by atoms with Gasteiger partial charge in [0.1, 0.15) is 59.8 Å². The summed E-state index contributed by atoms with van der Waals surface area (Å²) in [4.78, 5) is 13.4. The Morgan fingerprint density at radius 1 is 1.02 bits per heavy atom. The third kappa shape index (κ3) is 5.03. The second-order valence-corrected chi connectivity index (χ2v) is 10.0. The number of phenolic OH excluding ortho intramolecular Hbond substituents is 2. The van der Waals surface area contributed by atoms with Crippen LogP contribution in [0.4, 0.5) is 0 Å². The quantitative estimate of drug-likeness (QED) is 0.166. The average Bonchev–Trinajstić information content (AvgIpc) is 3.26. The summed E-state index contributed by atoms with van der Waals surface area (Å²) in [5.74, 6) is -0.437. The second-order valence-electron chi connectivity index (χ2n) is 10.0. The number of benzene rings is 2. The summed E-state index contributed by atoms with van der Waals surface area (Å²) < 4.78 is 27.3. The highest BCUT2D eigenvalue weighted by Crippen LogP contribution is 2.41. The van der Waals surface area contributed by atoms with Crippen LogP contribution in [0.1, 0.15) is 11.7 Å². The molecule has 2 aliphatic heterocycles. The Bertz CT molecular complexity index is 1470. The van der Waals surface area contributed by atoms with E-state index >= 15 is 0 Å². The van der Waals surface area contributed by atoms with E-state index in [2.05, 4.69) is 0 Å². The minimum Gasteiger partial charge on any atom is -0.507 e. The number of aromatic hydroxyl groups is 2. The number of phenols is 2. The van der Waals surface area contributed by atoms with Gasteiger partial charge in [-0.3, -0.25) is 4.79 Å². The molecule has 0 radical (unpaired) electrons. The number of methoxy groups -OCH3 is 1. The minimum absolute atomic E-state index is 0.00248. The highest BCUT2D eigenvalue weighted by atomic mass is 16.7. The third-order valence-electron chi connectivity index (χ3n) is 7.45. The van der Waals surface area contributed by atoms with E-state index in [1.807, 2.05) is 0 Å². The molecule has 8 unspecified atom stereocenters. The first-order valence-electron chi connectivity index (χ1n) is 12.6. The van der Waals surface area contributed by atoms with Gasteiger partial charge in [-0.15, -0.1) is 0 Å². The van der Waals surface area contributed by atoms with Gasteiger partial charge in [-0.25, -0.2) is 0 Å². The van der Waals surface area contributed by atoms with Crippen molar-refractivity contribution in [3.8, 4) is 28.4 Å². The van der Waals surface area contributed by atoms with Crippen molar-refractivity contribution in [2.24, 2.45) is 0 Å². The van der Waals surface area contributed by atoms with E-state index in [0.717, 1.165) is 6.26 Å². The smallest absolute Gasteiger partial charge is 0.200 e. The lowest BCUT2D eigenvalue weighted by Gasteiger charge is -2.41. The number of aliphatic hydroxyl groups excluding tert-OH is 5. The molecule has 1 aromatic heterocycles. The van der Waals surface area contributed by atoms with Crippen LogP contribution in [-0.2, 0) is 14.2 Å². The van der Waals surface area contributed by atoms with E-state index in [1.54, 1.807) is 0 Å². The Balaban J connectivity index is 1.47. The van der Waals surface area contributed by atoms with E-state index in [4.69, 9.17) is 23.4 Å². The van der Waals surface area contributed by atoms with Crippen LogP contribution in [0, 0.1) is 0 Å². The summed E-state index contributed by atoms with van der Waals surface area (Å²) in [5.41, 5.74) is -2.32. The van der Waals surface area contributed by atoms with Gasteiger partial charge in [0.25, 0.3) is 0 Å². The molecule has 8 atom stereocenters. The maximum absolute atomic E-state index is 13.4. The predicted molar refractivity (Wildman–Crippen MR) is 137 cm³/mol. The summed E-state index contributed by atoms with van der Waals surface area (Å²) in [6.45, 7) is -1.72. The van der Waals surface area contributed by atoms with Gasteiger partial charge in [-0.05, 0) is 29.8 Å². The third-order valence-corrected chi connectivity index (χ3v) is 7.45. The lowest BCUT2D eigenvalue weighted by atomic mass is 9.89. The normalized spacial score (nSPS) is 31.9. The van der Waals surface area contributed by atoms with Gasteiger partial charge in [-0.1, -0.05) is 6.07 Å². The molecule has 222 valence electrons. The number of ether oxygens (including phenoxy) is 4. The second kappa shape index (κ2) is 11.2. The summed E-state index contributed by atoms with van der Waals surface area (Å²) >= 11 is 0. The monoisotopic (exact) mass is 578 g/mol. The van der Waals surface area contributed by atoms with Crippen LogP contribution in [0.3, 0.4) is 0 Å². The minimum atomic E-state index is -1.95. The number of hydrogen-bond donors (Lipinski definition) is 8. The van der Waals surface area contributed by atoms with E-state index in [-0.39, 0.29) is 33.6 Å². The maximum atomic E-state index is 13.4. The summed E-state index contributed by atoms with van der Waals surface area (Å²) in [6, 6.07) is 6.77. The van der Waals surface area contributed by atoms with Gasteiger partial charge >= 0.3 is 0 Å². The van der Waals surface area contributed by atoms with Crippen molar-refractivity contribution in [1.29, 1.82) is 0 Å². The Hall–Kier alpha value is -3.31. The fraction of sp³-hybridized carbons (Fsp3) is 0.444. The van der Waals surface area contributed by atoms with Crippen molar-refractivity contribution >= 4 is 11.0 Å². The number of aliphatic hydroxyl groups is 6. The van der Waals surface area contributed by atoms with Gasteiger partial charge in [-0.2, -0.15) is 0 Å². The first-order valence-corrected chi connectivity index (χ1v) is 12.6. The highest BCUT2D eigenvalue weighted by molar-refractivity contribution is 5.86. The zero-order chi connectivity index (χ0) is 29.6. The molecule has 0 aliphatic carbocycles. The van der Waals surface area contributed by atoms with Crippen LogP contribution in [0.5, 0.6) is 17.2 Å². The molecular formula is C27H30O14. The molecule has 14 nitrogen and oxygen atoms in total. The molecule has 0 spiro atoms. The summed E-state index contributed by atoms with van der Waals surface area (Å²) in [7, 11) is 1.35. The molecular weight excluding hydrogens is 548 g/mol. The zero-order valence-corrected chi connectivity index (χ0v) is 21.7. The van der Waals surface area contributed by atoms with E-state index in [1.165, 1.54) is 37.4 Å². The molecule has 2 fully saturated rings. The highest BCUT2D eigenvalue weighted by Gasteiger charge is 2.50. The molecule has 2 saturated heterocycles. The molecule has 0 amide bonds. The fourth-order valence-corrected chi connectivity index (χ4v) is 4.98. The van der Waals surface area contributed by atoms with Crippen molar-refractivity contribution in [2.45, 2.75) is 48.5 Å². The van der Waals surface area contributed by atoms with Crippen LogP contribution in [-0.4, -0.2) is 110 Å². The predicted octanol–water partition coefficient (Wildman–Crippen LogP) is -1.14. The summed E-state index contributed by atoms with van der Waals surface area (Å²) in [6.07, 6.45) is -10.0. The van der Waals surface area contributed by atoms with Gasteiger partial charge in [0.2, 0.25) is 5.43 Å². The topological polar surface area (TPSA) is 229 Å². The number of fused-ring (bicyclic) bond motifs is 1. The molecule has 2 aliphatic rings. The van der Waals surface area contributed by atoms with Gasteiger partial charge in [0, 0.05) is 0 Å². The standard InChI is InChI=1S/C27H30O14/c1-37-16-6-11(2-4-14(16)29)13-7-38-23-12(19(13)31)3-5-15(30)18(23)24-22(34)21(33)20(32)17(41-24)8-39-26-25(35)27(36,9-28)10-40-26/h2-7,17,20-22,24-26,28-30,32-36H,8-10H2,1H3. The molecule has 0 saturated carbocycles. The van der Waals surface area contributed by atoms with Gasteiger partial charge in [0.05, 0.1) is 43.4 Å². The van der Waals surface area contributed by atoms with Gasteiger partial charge in [0.15, 0.2) is 17.8 Å². The van der Waals surface area contributed by atoms with E-state index in [9.17, 15) is 45.6 Å². The lowest BCUT2D eigenvalue weighted by molar-refractivity contribution is -0.252. The zero-order valence-electron chi connectivity index (χ0n) is 21.7. The number of rotatable bonds is 7. The molecule has 3 heterocycles. The molecule has 8 N–H and O–H groups in total. The van der Waals surface area contributed by atoms with Crippen molar-refractivity contribution < 1.29 is 64.2 Å². The van der Waals surface area contributed by atoms with Crippen LogP contribution in [0.2, 0.25) is 0 Å². The molecule has 5 rings (SSSR count). The molecule has 2 aromatic carbocycles. The number of hydrogen-bond acceptors (Lipinski definition) is 14. The van der Waals surface area contributed by atoms with Gasteiger partial charge < -0.3 is 64.2 Å². The van der Waals surface area contributed by atoms with Crippen molar-refractivity contribution in [1.82, 2.24) is 0 Å². The Kier molecular flexibility index (Phi) is 7.95. The molecule has 41 heavy (non-hydrogen) atoms. The average molecular weight is 579 g/mol. The first-order chi connectivity index (χ1) is 19.5. The first kappa shape index (κ1) is 29.2. The fourth-order valence-electron chi connectivity index (χ4n) is 4.98. The van der Waals surface area contributed by atoms with E-state index in [0.29, 0.717) is 5.56 Å². The Morgan fingerprint density at radius 3 is 2.44 bits per heavy atom. The summed E-state index contributed by atoms with van der Waals surface area (Å²) in [5, 5.41) is 82.2. The Labute approximate surface area is 231 Å². The molecule has 3 aromatic rings. The van der Waals surface area contributed by atoms with Crippen LogP contribution >= 0.6 is 0 Å². The van der Waals surface area contributed by atoms with Crippen molar-refractivity contribution in [3.05, 3.63) is 52.4 Å². The molecule has 0 bridgehead atoms. The van der Waals surface area contributed by atoms with Crippen LogP contribution < -0.4 is 10.2 Å². The van der Waals surface area contributed by atoms with E-state index < -0.39 is 79.5 Å². The lowest BCUT2D eigenvalue weighted by Crippen LogP contribution is -2.56.